The number of hydrogen-bond acceptors (Lipinski definition) is 4. The molecule has 0 aromatic heterocycles. The molecule has 2 aliphatic rings. The third kappa shape index (κ3) is 5.66. The molecule has 4 rings (SSSR count). The second-order valence-electron chi connectivity index (χ2n) is 10.8. The summed E-state index contributed by atoms with van der Waals surface area (Å²) in [6.07, 6.45) is 2.05. The van der Waals surface area contributed by atoms with Crippen molar-refractivity contribution in [3.05, 3.63) is 59.7 Å². The number of carbonyl (C=O) groups is 3. The number of amides is 2. The number of rotatable bonds is 7. The van der Waals surface area contributed by atoms with E-state index < -0.39 is 23.5 Å². The number of carboxylic acid groups (broad SMARTS) is 1. The minimum atomic E-state index is -1.04. The Labute approximate surface area is 206 Å². The molecule has 0 aliphatic heterocycles. The smallest absolute Gasteiger partial charge is 0.407 e. The van der Waals surface area contributed by atoms with E-state index in [2.05, 4.69) is 34.9 Å². The summed E-state index contributed by atoms with van der Waals surface area (Å²) < 4.78 is 5.64. The highest BCUT2D eigenvalue weighted by atomic mass is 16.5. The Morgan fingerprint density at radius 1 is 1.00 bits per heavy atom. The second kappa shape index (κ2) is 10.1. The Morgan fingerprint density at radius 2 is 1.60 bits per heavy atom. The van der Waals surface area contributed by atoms with Crippen LogP contribution >= 0.6 is 0 Å². The molecule has 0 radical (unpaired) electrons. The van der Waals surface area contributed by atoms with E-state index in [1.807, 2.05) is 24.3 Å². The molecule has 0 spiro atoms. The average molecular weight is 479 g/mol. The summed E-state index contributed by atoms with van der Waals surface area (Å²) in [6, 6.07) is 15.4. The Morgan fingerprint density at radius 3 is 2.17 bits per heavy atom. The first kappa shape index (κ1) is 24.8. The summed E-state index contributed by atoms with van der Waals surface area (Å²) in [5, 5.41) is 15.0. The quantitative estimate of drug-likeness (QED) is 0.535. The monoisotopic (exact) mass is 478 g/mol. The van der Waals surface area contributed by atoms with Gasteiger partial charge < -0.3 is 20.5 Å². The van der Waals surface area contributed by atoms with Gasteiger partial charge >= 0.3 is 12.1 Å². The first-order chi connectivity index (χ1) is 16.6. The van der Waals surface area contributed by atoms with E-state index >= 15 is 0 Å². The predicted molar refractivity (Wildman–Crippen MR) is 133 cm³/mol. The van der Waals surface area contributed by atoms with Crippen molar-refractivity contribution < 1.29 is 24.2 Å². The molecule has 7 nitrogen and oxygen atoms in total. The first-order valence-corrected chi connectivity index (χ1v) is 12.3. The fourth-order valence-electron chi connectivity index (χ4n) is 5.33. The van der Waals surface area contributed by atoms with Gasteiger partial charge in [-0.25, -0.2) is 9.59 Å². The zero-order valence-corrected chi connectivity index (χ0v) is 20.5. The van der Waals surface area contributed by atoms with Gasteiger partial charge in [-0.1, -0.05) is 69.3 Å². The number of fused-ring (bicyclic) bond motifs is 3. The highest BCUT2D eigenvalue weighted by molar-refractivity contribution is 5.84. The maximum atomic E-state index is 12.6. The van der Waals surface area contributed by atoms with Crippen LogP contribution in [0.1, 0.15) is 63.5 Å². The molecule has 35 heavy (non-hydrogen) atoms. The highest BCUT2D eigenvalue weighted by Crippen LogP contribution is 2.44. The van der Waals surface area contributed by atoms with Crippen LogP contribution in [-0.2, 0) is 14.3 Å². The Kier molecular flexibility index (Phi) is 7.15. The summed E-state index contributed by atoms with van der Waals surface area (Å²) in [5.41, 5.74) is 4.13. The van der Waals surface area contributed by atoms with Crippen LogP contribution in [-0.4, -0.2) is 41.8 Å². The van der Waals surface area contributed by atoms with Crippen molar-refractivity contribution in [3.63, 3.8) is 0 Å². The van der Waals surface area contributed by atoms with Crippen LogP contribution in [0, 0.1) is 11.3 Å². The Bertz CT molecular complexity index is 1060. The normalized spacial score (nSPS) is 20.0. The largest absolute Gasteiger partial charge is 0.480 e. The molecule has 2 aliphatic carbocycles. The van der Waals surface area contributed by atoms with Crippen molar-refractivity contribution in [3.8, 4) is 11.1 Å². The molecule has 0 heterocycles. The Hall–Kier alpha value is -3.35. The highest BCUT2D eigenvalue weighted by Gasteiger charge is 2.35. The SMILES string of the molecule is CC(C)(C)[C@H](NC(=O)CC1CCC(NC(=O)OCC2c3ccccc3-c3ccccc32)C1)C(=O)O. The molecule has 7 heteroatoms. The number of alkyl carbamates (subject to hydrolysis) is 1. The minimum Gasteiger partial charge on any atom is -0.480 e. The molecule has 186 valence electrons. The van der Waals surface area contributed by atoms with Gasteiger partial charge in [0.2, 0.25) is 5.91 Å². The molecule has 1 fully saturated rings. The zero-order chi connectivity index (χ0) is 25.2. The first-order valence-electron chi connectivity index (χ1n) is 12.3. The summed E-state index contributed by atoms with van der Waals surface area (Å²) in [4.78, 5) is 36.5. The molecule has 2 unspecified atom stereocenters. The molecular formula is C28H34N2O5. The van der Waals surface area contributed by atoms with Crippen LogP contribution in [0.25, 0.3) is 11.1 Å². The topological polar surface area (TPSA) is 105 Å². The van der Waals surface area contributed by atoms with Gasteiger partial charge in [0, 0.05) is 18.4 Å². The number of carboxylic acids is 1. The number of aliphatic carboxylic acids is 1. The van der Waals surface area contributed by atoms with E-state index in [9.17, 15) is 19.5 Å². The van der Waals surface area contributed by atoms with Gasteiger partial charge in [0.15, 0.2) is 0 Å². The fraction of sp³-hybridized carbons (Fsp3) is 0.464. The van der Waals surface area contributed by atoms with Gasteiger partial charge in [-0.15, -0.1) is 0 Å². The molecular weight excluding hydrogens is 444 g/mol. The van der Waals surface area contributed by atoms with Gasteiger partial charge in [-0.05, 0) is 52.8 Å². The van der Waals surface area contributed by atoms with Gasteiger partial charge in [-0.3, -0.25) is 4.79 Å². The van der Waals surface area contributed by atoms with Crippen molar-refractivity contribution in [2.24, 2.45) is 11.3 Å². The molecule has 2 aromatic carbocycles. The molecule has 3 N–H and O–H groups in total. The third-order valence-corrected chi connectivity index (χ3v) is 7.10. The second-order valence-corrected chi connectivity index (χ2v) is 10.8. The lowest BCUT2D eigenvalue weighted by Gasteiger charge is -2.28. The molecule has 3 atom stereocenters. The lowest BCUT2D eigenvalue weighted by molar-refractivity contribution is -0.145. The summed E-state index contributed by atoms with van der Waals surface area (Å²) >= 11 is 0. The van der Waals surface area contributed by atoms with E-state index in [1.54, 1.807) is 20.8 Å². The molecule has 0 bridgehead atoms. The summed E-state index contributed by atoms with van der Waals surface area (Å²) in [7, 11) is 0. The van der Waals surface area contributed by atoms with Crippen molar-refractivity contribution >= 4 is 18.0 Å². The van der Waals surface area contributed by atoms with E-state index in [4.69, 9.17) is 4.74 Å². The number of ether oxygens (including phenoxy) is 1. The van der Waals surface area contributed by atoms with Crippen LogP contribution in [0.4, 0.5) is 4.79 Å². The third-order valence-electron chi connectivity index (χ3n) is 7.10. The van der Waals surface area contributed by atoms with Crippen LogP contribution in [0.5, 0.6) is 0 Å². The molecule has 2 amide bonds. The van der Waals surface area contributed by atoms with Crippen molar-refractivity contribution in [2.75, 3.05) is 6.61 Å². The number of benzene rings is 2. The standard InChI is InChI=1S/C28H34N2O5/c1-28(2,3)25(26(32)33)30-24(31)15-17-12-13-18(14-17)29-27(34)35-16-23-21-10-6-4-8-19(21)20-9-5-7-11-22(20)23/h4-11,17-18,23,25H,12-16H2,1-3H3,(H,29,34)(H,30,31)(H,32,33)/t17?,18?,25-/m1/s1. The van der Waals surface area contributed by atoms with Crippen molar-refractivity contribution in [2.45, 2.75) is 64.5 Å². The summed E-state index contributed by atoms with van der Waals surface area (Å²) in [6.45, 7) is 5.63. The van der Waals surface area contributed by atoms with E-state index in [0.29, 0.717) is 6.42 Å². The van der Waals surface area contributed by atoms with E-state index in [-0.39, 0.29) is 36.8 Å². The van der Waals surface area contributed by atoms with Gasteiger partial charge in [0.25, 0.3) is 0 Å². The number of nitrogens with one attached hydrogen (secondary N) is 2. The molecule has 0 saturated heterocycles. The fourth-order valence-corrected chi connectivity index (χ4v) is 5.33. The van der Waals surface area contributed by atoms with Crippen LogP contribution in [0.2, 0.25) is 0 Å². The van der Waals surface area contributed by atoms with Crippen molar-refractivity contribution in [1.29, 1.82) is 0 Å². The van der Waals surface area contributed by atoms with Gasteiger partial charge in [0.05, 0.1) is 0 Å². The van der Waals surface area contributed by atoms with Gasteiger partial charge in [-0.2, -0.15) is 0 Å². The Balaban J connectivity index is 1.26. The van der Waals surface area contributed by atoms with Crippen molar-refractivity contribution in [1.82, 2.24) is 10.6 Å². The van der Waals surface area contributed by atoms with E-state index in [1.165, 1.54) is 22.3 Å². The number of carbonyl (C=O) groups excluding carboxylic acids is 2. The molecule has 1 saturated carbocycles. The lowest BCUT2D eigenvalue weighted by Crippen LogP contribution is -2.49. The predicted octanol–water partition coefficient (Wildman–Crippen LogP) is 4.70. The minimum absolute atomic E-state index is 0.0122. The van der Waals surface area contributed by atoms with Crippen LogP contribution in [0.3, 0.4) is 0 Å². The average Bonchev–Trinajstić information content (AvgIpc) is 3.37. The lowest BCUT2D eigenvalue weighted by atomic mass is 9.86. The van der Waals surface area contributed by atoms with Crippen LogP contribution in [0.15, 0.2) is 48.5 Å². The maximum absolute atomic E-state index is 12.6. The molecule has 2 aromatic rings. The summed E-state index contributed by atoms with van der Waals surface area (Å²) in [5.74, 6) is -1.19. The van der Waals surface area contributed by atoms with Crippen LogP contribution < -0.4 is 10.6 Å². The zero-order valence-electron chi connectivity index (χ0n) is 20.5. The number of hydrogen-bond donors (Lipinski definition) is 3. The van der Waals surface area contributed by atoms with Gasteiger partial charge in [0.1, 0.15) is 12.6 Å². The van der Waals surface area contributed by atoms with E-state index in [0.717, 1.165) is 12.8 Å². The maximum Gasteiger partial charge on any atom is 0.407 e.